The third-order valence-corrected chi connectivity index (χ3v) is 4.44. The first-order valence-corrected chi connectivity index (χ1v) is 7.75. The monoisotopic (exact) mass is 254 g/mol. The molecule has 0 spiro atoms. The van der Waals surface area contributed by atoms with Gasteiger partial charge >= 0.3 is 0 Å². The number of hydrogen-bond acceptors (Lipinski definition) is 5. The number of nitrogens with zero attached hydrogens (tertiary/aromatic N) is 1. The van der Waals surface area contributed by atoms with Gasteiger partial charge in [-0.2, -0.15) is 11.8 Å². The van der Waals surface area contributed by atoms with E-state index in [0.29, 0.717) is 12.2 Å². The van der Waals surface area contributed by atoms with Crippen LogP contribution in [0.15, 0.2) is 5.16 Å². The van der Waals surface area contributed by atoms with E-state index in [-0.39, 0.29) is 16.8 Å². The van der Waals surface area contributed by atoms with E-state index in [9.17, 15) is 8.42 Å². The molecule has 7 heteroatoms. The Morgan fingerprint density at radius 2 is 2.20 bits per heavy atom. The molecule has 0 aliphatic heterocycles. The van der Waals surface area contributed by atoms with Crippen molar-refractivity contribution in [2.45, 2.75) is 25.0 Å². The summed E-state index contributed by atoms with van der Waals surface area (Å²) in [4.78, 5) is 0. The fourth-order valence-electron chi connectivity index (χ4n) is 0.961. The van der Waals surface area contributed by atoms with Gasteiger partial charge in [0.1, 0.15) is 15.7 Å². The summed E-state index contributed by atoms with van der Waals surface area (Å²) >= 11 is 1.54. The van der Waals surface area contributed by atoms with Gasteiger partial charge in [0.25, 0.3) is 0 Å². The number of sulfone groups is 1. The molecule has 0 amide bonds. The summed E-state index contributed by atoms with van der Waals surface area (Å²) < 4.78 is 21.8. The third kappa shape index (κ3) is 8.56. The Labute approximate surface area is 95.0 Å². The molecule has 0 fully saturated rings. The standard InChI is InChI=1S/C8H18N2O3S2/c1-3-7(6-8(9)10-11)14-4-5-15(2,12)13/h7,11H,3-6H2,1-2H3,(H2,9,10). The van der Waals surface area contributed by atoms with Crippen LogP contribution in [-0.2, 0) is 9.84 Å². The molecule has 0 rings (SSSR count). The first-order chi connectivity index (χ1) is 6.89. The number of thioether (sulfide) groups is 1. The van der Waals surface area contributed by atoms with Crippen molar-refractivity contribution in [3.8, 4) is 0 Å². The highest BCUT2D eigenvalue weighted by molar-refractivity contribution is 8.01. The van der Waals surface area contributed by atoms with Gasteiger partial charge in [-0.15, -0.1) is 0 Å². The van der Waals surface area contributed by atoms with E-state index < -0.39 is 9.84 Å². The molecule has 0 heterocycles. The quantitative estimate of drug-likeness (QED) is 0.301. The number of nitrogens with two attached hydrogens (primary N) is 1. The molecular formula is C8H18N2O3S2. The average molecular weight is 254 g/mol. The molecule has 0 saturated heterocycles. The zero-order valence-corrected chi connectivity index (χ0v) is 10.6. The van der Waals surface area contributed by atoms with Crippen LogP contribution in [0.2, 0.25) is 0 Å². The first kappa shape index (κ1) is 14.6. The summed E-state index contributed by atoms with van der Waals surface area (Å²) in [5.41, 5.74) is 5.38. The van der Waals surface area contributed by atoms with Crippen LogP contribution in [0.5, 0.6) is 0 Å². The molecule has 1 atom stereocenters. The summed E-state index contributed by atoms with van der Waals surface area (Å²) in [5.74, 6) is 0.911. The second-order valence-electron chi connectivity index (χ2n) is 3.33. The van der Waals surface area contributed by atoms with Gasteiger partial charge < -0.3 is 10.9 Å². The Morgan fingerprint density at radius 1 is 1.60 bits per heavy atom. The van der Waals surface area contributed by atoms with Crippen LogP contribution in [0.3, 0.4) is 0 Å². The molecule has 0 saturated carbocycles. The zero-order chi connectivity index (χ0) is 11.9. The lowest BCUT2D eigenvalue weighted by molar-refractivity contribution is 0.316. The molecule has 15 heavy (non-hydrogen) atoms. The van der Waals surface area contributed by atoms with Crippen molar-refractivity contribution < 1.29 is 13.6 Å². The minimum absolute atomic E-state index is 0.171. The Bertz CT molecular complexity index is 301. The van der Waals surface area contributed by atoms with Gasteiger partial charge in [0.15, 0.2) is 0 Å². The Balaban J connectivity index is 3.91. The SMILES string of the molecule is CCC(CC(N)=NO)SCCS(C)(=O)=O. The minimum atomic E-state index is -2.89. The molecule has 0 aliphatic rings. The van der Waals surface area contributed by atoms with Crippen LogP contribution < -0.4 is 5.73 Å². The van der Waals surface area contributed by atoms with Crippen molar-refractivity contribution in [2.75, 3.05) is 17.8 Å². The van der Waals surface area contributed by atoms with E-state index >= 15 is 0 Å². The topological polar surface area (TPSA) is 92.8 Å². The van der Waals surface area contributed by atoms with E-state index in [4.69, 9.17) is 10.9 Å². The lowest BCUT2D eigenvalue weighted by Crippen LogP contribution is -2.19. The number of oxime groups is 1. The van der Waals surface area contributed by atoms with E-state index in [1.165, 1.54) is 6.26 Å². The van der Waals surface area contributed by atoms with Crippen molar-refractivity contribution in [3.63, 3.8) is 0 Å². The number of amidine groups is 1. The van der Waals surface area contributed by atoms with Crippen molar-refractivity contribution in [1.29, 1.82) is 0 Å². The predicted molar refractivity (Wildman–Crippen MR) is 64.3 cm³/mol. The molecule has 0 radical (unpaired) electrons. The fraction of sp³-hybridized carbons (Fsp3) is 0.875. The molecule has 5 nitrogen and oxygen atoms in total. The summed E-state index contributed by atoms with van der Waals surface area (Å²) in [6, 6.07) is 0. The van der Waals surface area contributed by atoms with Crippen LogP contribution in [0.4, 0.5) is 0 Å². The summed E-state index contributed by atoms with van der Waals surface area (Å²) in [5, 5.41) is 11.5. The molecule has 0 bridgehead atoms. The summed E-state index contributed by atoms with van der Waals surface area (Å²) in [6.45, 7) is 1.99. The highest BCUT2D eigenvalue weighted by Crippen LogP contribution is 2.18. The summed E-state index contributed by atoms with van der Waals surface area (Å²) in [6.07, 6.45) is 2.57. The predicted octanol–water partition coefficient (Wildman–Crippen LogP) is 0.679. The maximum Gasteiger partial charge on any atom is 0.148 e. The van der Waals surface area contributed by atoms with Crippen LogP contribution in [0.25, 0.3) is 0 Å². The molecule has 0 aromatic heterocycles. The van der Waals surface area contributed by atoms with Crippen LogP contribution in [-0.4, -0.2) is 42.5 Å². The fourth-order valence-corrected chi connectivity index (χ4v) is 3.41. The van der Waals surface area contributed by atoms with Gasteiger partial charge in [-0.3, -0.25) is 0 Å². The lowest BCUT2D eigenvalue weighted by atomic mass is 10.2. The van der Waals surface area contributed by atoms with Gasteiger partial charge in [0.05, 0.1) is 5.75 Å². The smallest absolute Gasteiger partial charge is 0.148 e. The molecule has 90 valence electrons. The van der Waals surface area contributed by atoms with E-state index in [1.807, 2.05) is 6.92 Å². The van der Waals surface area contributed by atoms with Crippen LogP contribution >= 0.6 is 11.8 Å². The minimum Gasteiger partial charge on any atom is -0.409 e. The highest BCUT2D eigenvalue weighted by atomic mass is 32.2. The molecule has 3 N–H and O–H groups in total. The number of hydrogen-bond donors (Lipinski definition) is 2. The second kappa shape index (κ2) is 6.95. The van der Waals surface area contributed by atoms with Crippen molar-refractivity contribution in [3.05, 3.63) is 0 Å². The summed E-state index contributed by atoms with van der Waals surface area (Å²) in [7, 11) is -2.89. The maximum atomic E-state index is 10.9. The normalized spacial score (nSPS) is 15.2. The van der Waals surface area contributed by atoms with Crippen LogP contribution in [0, 0.1) is 0 Å². The van der Waals surface area contributed by atoms with E-state index in [2.05, 4.69) is 5.16 Å². The first-order valence-electron chi connectivity index (χ1n) is 4.64. The Kier molecular flexibility index (Phi) is 6.75. The molecule has 1 unspecified atom stereocenters. The van der Waals surface area contributed by atoms with Gasteiger partial charge in [0, 0.05) is 23.7 Å². The Morgan fingerprint density at radius 3 is 2.60 bits per heavy atom. The van der Waals surface area contributed by atoms with Gasteiger partial charge in [-0.25, -0.2) is 8.42 Å². The van der Waals surface area contributed by atoms with Crippen molar-refractivity contribution in [2.24, 2.45) is 10.9 Å². The molecule has 0 aromatic carbocycles. The van der Waals surface area contributed by atoms with E-state index in [1.54, 1.807) is 11.8 Å². The molecule has 0 aromatic rings. The largest absolute Gasteiger partial charge is 0.409 e. The zero-order valence-electron chi connectivity index (χ0n) is 9.01. The van der Waals surface area contributed by atoms with Crippen molar-refractivity contribution >= 4 is 27.4 Å². The average Bonchev–Trinajstić information content (AvgIpc) is 2.14. The molecule has 0 aliphatic carbocycles. The third-order valence-electron chi connectivity index (χ3n) is 1.83. The lowest BCUT2D eigenvalue weighted by Gasteiger charge is -2.12. The van der Waals surface area contributed by atoms with E-state index in [0.717, 1.165) is 6.42 Å². The van der Waals surface area contributed by atoms with Gasteiger partial charge in [0.2, 0.25) is 0 Å². The number of rotatable bonds is 7. The second-order valence-corrected chi connectivity index (χ2v) is 6.99. The van der Waals surface area contributed by atoms with Gasteiger partial charge in [-0.1, -0.05) is 12.1 Å². The Hall–Kier alpha value is -0.430. The van der Waals surface area contributed by atoms with Crippen LogP contribution in [0.1, 0.15) is 19.8 Å². The highest BCUT2D eigenvalue weighted by Gasteiger charge is 2.11. The van der Waals surface area contributed by atoms with Crippen molar-refractivity contribution in [1.82, 2.24) is 0 Å². The molecular weight excluding hydrogens is 236 g/mol. The van der Waals surface area contributed by atoms with Gasteiger partial charge in [-0.05, 0) is 6.42 Å². The maximum absolute atomic E-state index is 10.9.